The molecule has 0 aliphatic carbocycles. The van der Waals surface area contributed by atoms with Crippen molar-refractivity contribution in [2.24, 2.45) is 17.0 Å². The normalized spacial score (nSPS) is 16.3. The lowest BCUT2D eigenvalue weighted by atomic mass is 9.89. The van der Waals surface area contributed by atoms with Crippen molar-refractivity contribution in [3.8, 4) is 22.8 Å². The number of aromatic nitrogens is 3. The van der Waals surface area contributed by atoms with Gasteiger partial charge in [0.15, 0.2) is 11.6 Å². The zero-order valence-electron chi connectivity index (χ0n) is 39.8. The van der Waals surface area contributed by atoms with Crippen molar-refractivity contribution >= 4 is 36.3 Å². The van der Waals surface area contributed by atoms with Gasteiger partial charge in [0.05, 0.1) is 0 Å². The lowest BCUT2D eigenvalue weighted by molar-refractivity contribution is 0.0534. The van der Waals surface area contributed by atoms with Gasteiger partial charge in [-0.1, -0.05) is 48.5 Å². The Morgan fingerprint density at radius 3 is 1.09 bits per heavy atom. The fourth-order valence-electron chi connectivity index (χ4n) is 7.38. The SMILES string of the molecule is Cn1c(-c2ccc(C3CCN(C(=NC(=O)OC(C)(C)C)NC(=O)OC(C)(C)C)CC3)cc2)nnc1-c1ccc(C2CCN(C(=NC(=O)OC(C)(C)C)NC(=O)OC(C)(C)C)CC2)cc1. The van der Waals surface area contributed by atoms with Crippen LogP contribution in [0, 0.1) is 0 Å². The lowest BCUT2D eigenvalue weighted by Gasteiger charge is -2.34. The Hall–Kier alpha value is -6.00. The summed E-state index contributed by atoms with van der Waals surface area (Å²) in [7, 11) is 1.96. The molecule has 0 unspecified atom stereocenters. The molecule has 2 N–H and O–H groups in total. The van der Waals surface area contributed by atoms with Gasteiger partial charge >= 0.3 is 24.4 Å². The summed E-state index contributed by atoms with van der Waals surface area (Å²) in [6.07, 6.45) is 0.153. The van der Waals surface area contributed by atoms with Gasteiger partial charge in [0.25, 0.3) is 0 Å². The summed E-state index contributed by atoms with van der Waals surface area (Å²) in [4.78, 5) is 62.7. The van der Waals surface area contributed by atoms with Crippen molar-refractivity contribution in [1.82, 2.24) is 35.2 Å². The molecule has 0 saturated carbocycles. The third-order valence-corrected chi connectivity index (χ3v) is 10.2. The van der Waals surface area contributed by atoms with Crippen molar-refractivity contribution in [2.75, 3.05) is 26.2 Å². The number of piperidine rings is 2. The van der Waals surface area contributed by atoms with Gasteiger partial charge in [-0.3, -0.25) is 10.6 Å². The molecule has 0 bridgehead atoms. The maximum absolute atomic E-state index is 12.7. The summed E-state index contributed by atoms with van der Waals surface area (Å²) >= 11 is 0. The van der Waals surface area contributed by atoms with E-state index >= 15 is 0 Å². The number of alkyl carbamates (subject to hydrolysis) is 2. The molecule has 1 aromatic heterocycles. The maximum Gasteiger partial charge on any atom is 0.437 e. The molecule has 2 aliphatic rings. The zero-order chi connectivity index (χ0) is 47.2. The van der Waals surface area contributed by atoms with E-state index in [1.54, 1.807) is 83.1 Å². The highest BCUT2D eigenvalue weighted by molar-refractivity contribution is 5.99. The smallest absolute Gasteiger partial charge is 0.437 e. The van der Waals surface area contributed by atoms with E-state index in [-0.39, 0.29) is 23.8 Å². The Balaban J connectivity index is 1.20. The first kappa shape index (κ1) is 49.0. The number of aliphatic imine (C=N–C) groups is 2. The Morgan fingerprint density at radius 2 is 0.812 bits per heavy atom. The van der Waals surface area contributed by atoms with Crippen LogP contribution in [0.2, 0.25) is 0 Å². The lowest BCUT2D eigenvalue weighted by Crippen LogP contribution is -2.49. The van der Waals surface area contributed by atoms with E-state index in [9.17, 15) is 19.2 Å². The number of ether oxygens (including phenoxy) is 4. The van der Waals surface area contributed by atoms with Crippen LogP contribution in [0.5, 0.6) is 0 Å². The molecule has 3 aromatic rings. The first-order chi connectivity index (χ1) is 29.7. The Labute approximate surface area is 377 Å². The highest BCUT2D eigenvalue weighted by Crippen LogP contribution is 2.33. The van der Waals surface area contributed by atoms with E-state index in [2.05, 4.69) is 79.3 Å². The number of hydrogen-bond donors (Lipinski definition) is 2. The van der Waals surface area contributed by atoms with Gasteiger partial charge in [0.2, 0.25) is 11.9 Å². The average Bonchev–Trinajstić information content (AvgIpc) is 3.55. The van der Waals surface area contributed by atoms with Gasteiger partial charge in [-0.2, -0.15) is 0 Å². The van der Waals surface area contributed by atoms with Gasteiger partial charge in [-0.15, -0.1) is 20.2 Å². The van der Waals surface area contributed by atoms with Crippen LogP contribution in [-0.4, -0.2) is 109 Å². The maximum atomic E-state index is 12.7. The van der Waals surface area contributed by atoms with E-state index in [0.717, 1.165) is 48.5 Å². The van der Waals surface area contributed by atoms with Crippen LogP contribution in [0.3, 0.4) is 0 Å². The minimum absolute atomic E-state index is 0.110. The van der Waals surface area contributed by atoms with E-state index in [1.165, 1.54) is 11.1 Å². The summed E-state index contributed by atoms with van der Waals surface area (Å²) in [5.74, 6) is 2.23. The van der Waals surface area contributed by atoms with Crippen LogP contribution in [0.4, 0.5) is 19.2 Å². The minimum atomic E-state index is -0.787. The number of carbonyl (C=O) groups is 4. The second kappa shape index (κ2) is 19.8. The number of rotatable bonds is 4. The highest BCUT2D eigenvalue weighted by atomic mass is 16.6. The van der Waals surface area contributed by atoms with Crippen LogP contribution >= 0.6 is 0 Å². The van der Waals surface area contributed by atoms with E-state index < -0.39 is 46.8 Å². The minimum Gasteiger partial charge on any atom is -0.444 e. The fourth-order valence-corrected chi connectivity index (χ4v) is 7.38. The summed E-state index contributed by atoms with van der Waals surface area (Å²) in [5, 5.41) is 14.5. The standard InChI is InChI=1S/C47H67N9O8/c1-44(2,3)61-40(57)48-38(49-41(58)62-45(4,5)6)55-26-22-32(23-27-55)30-14-18-34(19-15-30)36-52-53-37(54(36)13)35-20-16-31(17-21-35)33-24-28-56(29-25-33)39(50-42(59)63-46(7,8)9)51-43(60)64-47(10,11)12/h14-21,32-33H,22-29H2,1-13H3,(H,48,49,57,58)(H,50,51,59,60). The number of hydrogen-bond acceptors (Lipinski definition) is 10. The molecule has 17 nitrogen and oxygen atoms in total. The number of nitrogens with one attached hydrogen (secondary N) is 2. The molecule has 3 heterocycles. The van der Waals surface area contributed by atoms with Gasteiger partial charge in [-0.05, 0) is 132 Å². The molecule has 0 spiro atoms. The highest BCUT2D eigenvalue weighted by Gasteiger charge is 2.30. The summed E-state index contributed by atoms with van der Waals surface area (Å²) in [6, 6.07) is 16.8. The Kier molecular flexibility index (Phi) is 15.2. The van der Waals surface area contributed by atoms with Gasteiger partial charge in [-0.25, -0.2) is 19.2 Å². The number of likely N-dealkylation sites (tertiary alicyclic amines) is 2. The average molecular weight is 886 g/mol. The molecule has 64 heavy (non-hydrogen) atoms. The van der Waals surface area contributed by atoms with Crippen molar-refractivity contribution in [2.45, 2.75) is 143 Å². The molecule has 2 aromatic carbocycles. The number of carbonyl (C=O) groups excluding carboxylic acids is 4. The van der Waals surface area contributed by atoms with Crippen molar-refractivity contribution < 1.29 is 38.1 Å². The molecular formula is C47H67N9O8. The van der Waals surface area contributed by atoms with Crippen LogP contribution < -0.4 is 10.6 Å². The molecule has 0 atom stereocenters. The third-order valence-electron chi connectivity index (χ3n) is 10.2. The number of guanidine groups is 2. The van der Waals surface area contributed by atoms with E-state index in [1.807, 2.05) is 21.4 Å². The second-order valence-electron chi connectivity index (χ2n) is 20.3. The largest absolute Gasteiger partial charge is 0.444 e. The number of nitrogens with zero attached hydrogens (tertiary/aromatic N) is 7. The predicted octanol–water partition coefficient (Wildman–Crippen LogP) is 9.14. The first-order valence-corrected chi connectivity index (χ1v) is 22.0. The fraction of sp³-hybridized carbons (Fsp3) is 0.574. The van der Waals surface area contributed by atoms with Crippen LogP contribution in [0.15, 0.2) is 58.5 Å². The molecule has 2 saturated heterocycles. The molecule has 348 valence electrons. The van der Waals surface area contributed by atoms with Crippen molar-refractivity contribution in [1.29, 1.82) is 0 Å². The van der Waals surface area contributed by atoms with E-state index in [0.29, 0.717) is 26.2 Å². The van der Waals surface area contributed by atoms with E-state index in [4.69, 9.17) is 18.9 Å². The topological polar surface area (TPSA) is 191 Å². The van der Waals surface area contributed by atoms with Gasteiger partial charge < -0.3 is 33.3 Å². The first-order valence-electron chi connectivity index (χ1n) is 22.0. The molecule has 17 heteroatoms. The summed E-state index contributed by atoms with van der Waals surface area (Å²) < 4.78 is 23.7. The van der Waals surface area contributed by atoms with Gasteiger partial charge in [0, 0.05) is 44.4 Å². The Morgan fingerprint density at radius 1 is 0.516 bits per heavy atom. The van der Waals surface area contributed by atoms with Crippen LogP contribution in [0.1, 0.15) is 132 Å². The van der Waals surface area contributed by atoms with Crippen molar-refractivity contribution in [3.63, 3.8) is 0 Å². The summed E-state index contributed by atoms with van der Waals surface area (Å²) in [6.45, 7) is 23.4. The Bertz CT molecular complexity index is 2020. The summed E-state index contributed by atoms with van der Waals surface area (Å²) in [5.41, 5.74) is 1.33. The predicted molar refractivity (Wildman–Crippen MR) is 245 cm³/mol. The third kappa shape index (κ3) is 14.8. The monoisotopic (exact) mass is 886 g/mol. The van der Waals surface area contributed by atoms with Gasteiger partial charge in [0.1, 0.15) is 22.4 Å². The molecular weight excluding hydrogens is 819 g/mol. The molecule has 0 radical (unpaired) electrons. The van der Waals surface area contributed by atoms with Crippen LogP contribution in [-0.2, 0) is 26.0 Å². The van der Waals surface area contributed by atoms with Crippen molar-refractivity contribution in [3.05, 3.63) is 59.7 Å². The molecule has 2 fully saturated rings. The molecule has 2 aliphatic heterocycles. The molecule has 5 rings (SSSR count). The number of amides is 4. The quantitative estimate of drug-likeness (QED) is 0.144. The molecule has 4 amide bonds. The number of benzene rings is 2. The second-order valence-corrected chi connectivity index (χ2v) is 20.3. The van der Waals surface area contributed by atoms with Crippen LogP contribution in [0.25, 0.3) is 22.8 Å². The zero-order valence-corrected chi connectivity index (χ0v) is 39.8.